The van der Waals surface area contributed by atoms with E-state index in [0.29, 0.717) is 44.8 Å². The number of rotatable bonds is 10. The van der Waals surface area contributed by atoms with Crippen LogP contribution in [-0.2, 0) is 9.59 Å². The van der Waals surface area contributed by atoms with Gasteiger partial charge >= 0.3 is 12.2 Å². The summed E-state index contributed by atoms with van der Waals surface area (Å²) in [6.45, 7) is 3.51. The summed E-state index contributed by atoms with van der Waals surface area (Å²) in [5, 5.41) is 28.8. The minimum atomic E-state index is -1.31. The number of benzene rings is 4. The van der Waals surface area contributed by atoms with Crippen LogP contribution in [0.15, 0.2) is 97.1 Å². The smallest absolute Gasteiger partial charge is 0.405 e. The van der Waals surface area contributed by atoms with Crippen LogP contribution in [0.4, 0.5) is 9.59 Å². The first-order valence-electron chi connectivity index (χ1n) is 16.2. The number of amides is 4. The molecule has 4 aromatic carbocycles. The lowest BCUT2D eigenvalue weighted by Crippen LogP contribution is -2.40. The molecule has 262 valence electrons. The number of fused-ring (bicyclic) bond motifs is 2. The summed E-state index contributed by atoms with van der Waals surface area (Å²) in [6, 6.07) is 24.9. The Morgan fingerprint density at radius 3 is 1.33 bits per heavy atom. The lowest BCUT2D eigenvalue weighted by atomic mass is 10.1. The zero-order valence-corrected chi connectivity index (χ0v) is 28.0. The number of carbonyl (C=O) groups excluding carboxylic acids is 2. The highest BCUT2D eigenvalue weighted by atomic mass is 16.4. The number of aromatic amines is 2. The van der Waals surface area contributed by atoms with Crippen molar-refractivity contribution in [2.24, 2.45) is 0 Å². The summed E-state index contributed by atoms with van der Waals surface area (Å²) in [6.07, 6.45) is -2.63. The molecule has 0 bridgehead atoms. The molecule has 0 saturated carbocycles. The molecule has 52 heavy (non-hydrogen) atoms. The molecule has 0 unspecified atom stereocenters. The Hall–Kier alpha value is -7.14. The second-order valence-corrected chi connectivity index (χ2v) is 12.0. The predicted molar refractivity (Wildman–Crippen MR) is 192 cm³/mol. The van der Waals surface area contributed by atoms with Crippen LogP contribution < -0.4 is 21.3 Å². The molecule has 0 spiro atoms. The topological polar surface area (TPSA) is 214 Å². The second kappa shape index (κ2) is 15.2. The summed E-state index contributed by atoms with van der Waals surface area (Å²) >= 11 is 0. The molecule has 0 aliphatic carbocycles. The van der Waals surface area contributed by atoms with Crippen molar-refractivity contribution < 1.29 is 29.4 Å². The predicted octanol–water partition coefficient (Wildman–Crippen LogP) is 5.21. The Kier molecular flexibility index (Phi) is 10.1. The number of H-pyrrole nitrogens is 2. The van der Waals surface area contributed by atoms with Gasteiger partial charge in [0.05, 0.1) is 34.2 Å². The Morgan fingerprint density at radius 2 is 0.962 bits per heavy atom. The number of imidazole rings is 2. The first-order chi connectivity index (χ1) is 25.0. The van der Waals surface area contributed by atoms with E-state index >= 15 is 0 Å². The SMILES string of the molecule is C[C@H](NC(=O)[C@H](NC(=O)O)c1ccccc1)c1nc2ccc(C#Cc3ccc4nc([C@H](C)NC(=O)[C@H](NC(=O)O)c5ccccc5)[nH]c4c3)cc2[nH]1. The van der Waals surface area contributed by atoms with Gasteiger partial charge in [-0.3, -0.25) is 9.59 Å². The lowest BCUT2D eigenvalue weighted by Gasteiger charge is -2.19. The van der Waals surface area contributed by atoms with Crippen molar-refractivity contribution in [2.75, 3.05) is 0 Å². The van der Waals surface area contributed by atoms with Crippen molar-refractivity contribution in [3.8, 4) is 11.8 Å². The number of hydrogen-bond acceptors (Lipinski definition) is 6. The summed E-state index contributed by atoms with van der Waals surface area (Å²) < 4.78 is 0. The van der Waals surface area contributed by atoms with Gasteiger partial charge < -0.3 is 41.4 Å². The van der Waals surface area contributed by atoms with E-state index in [1.54, 1.807) is 74.5 Å². The summed E-state index contributed by atoms with van der Waals surface area (Å²) in [5.74, 6) is 6.28. The minimum absolute atomic E-state index is 0.496. The average Bonchev–Trinajstić information content (AvgIpc) is 3.77. The molecule has 4 atom stereocenters. The van der Waals surface area contributed by atoms with Crippen LogP contribution in [0.25, 0.3) is 22.1 Å². The van der Waals surface area contributed by atoms with Gasteiger partial charge in [0.1, 0.15) is 23.7 Å². The Labute approximate surface area is 297 Å². The second-order valence-electron chi connectivity index (χ2n) is 12.0. The van der Waals surface area contributed by atoms with Gasteiger partial charge in [-0.15, -0.1) is 0 Å². The molecule has 2 aromatic heterocycles. The van der Waals surface area contributed by atoms with Crippen molar-refractivity contribution in [2.45, 2.75) is 38.0 Å². The number of nitrogens with zero attached hydrogens (tertiary/aromatic N) is 2. The van der Waals surface area contributed by atoms with Gasteiger partial charge in [0, 0.05) is 11.1 Å². The van der Waals surface area contributed by atoms with Gasteiger partial charge in [-0.25, -0.2) is 19.6 Å². The van der Waals surface area contributed by atoms with E-state index in [1.807, 2.05) is 36.4 Å². The largest absolute Gasteiger partial charge is 0.465 e. The Balaban J connectivity index is 1.13. The van der Waals surface area contributed by atoms with Crippen LogP contribution in [0, 0.1) is 11.8 Å². The third kappa shape index (κ3) is 8.17. The zero-order valence-electron chi connectivity index (χ0n) is 28.0. The molecule has 14 nitrogen and oxygen atoms in total. The number of carbonyl (C=O) groups is 4. The van der Waals surface area contributed by atoms with Crippen LogP contribution in [0.1, 0.15) is 71.9 Å². The van der Waals surface area contributed by atoms with Gasteiger partial charge in [0.25, 0.3) is 0 Å². The number of hydrogen-bond donors (Lipinski definition) is 8. The van der Waals surface area contributed by atoms with E-state index in [4.69, 9.17) is 0 Å². The molecule has 6 aromatic rings. The van der Waals surface area contributed by atoms with Gasteiger partial charge in [0.15, 0.2) is 0 Å². The fourth-order valence-corrected chi connectivity index (χ4v) is 5.64. The third-order valence-electron chi connectivity index (χ3n) is 8.22. The third-order valence-corrected chi connectivity index (χ3v) is 8.22. The molecule has 2 heterocycles. The highest BCUT2D eigenvalue weighted by Crippen LogP contribution is 2.22. The lowest BCUT2D eigenvalue weighted by molar-refractivity contribution is -0.124. The number of carboxylic acid groups (broad SMARTS) is 2. The van der Waals surface area contributed by atoms with E-state index in [9.17, 15) is 29.4 Å². The van der Waals surface area contributed by atoms with Crippen LogP contribution in [0.2, 0.25) is 0 Å². The fourth-order valence-electron chi connectivity index (χ4n) is 5.64. The molecule has 0 aliphatic heterocycles. The van der Waals surface area contributed by atoms with Gasteiger partial charge in [-0.1, -0.05) is 72.5 Å². The van der Waals surface area contributed by atoms with Crippen molar-refractivity contribution in [3.05, 3.63) is 131 Å². The summed E-state index contributed by atoms with van der Waals surface area (Å²) in [4.78, 5) is 64.6. The maximum atomic E-state index is 13.1. The molecule has 0 radical (unpaired) electrons. The Morgan fingerprint density at radius 1 is 0.577 bits per heavy atom. The summed E-state index contributed by atoms with van der Waals surface area (Å²) in [5.41, 5.74) is 5.23. The summed E-state index contributed by atoms with van der Waals surface area (Å²) in [7, 11) is 0. The van der Waals surface area contributed by atoms with Gasteiger partial charge in [-0.05, 0) is 61.4 Å². The van der Waals surface area contributed by atoms with E-state index in [1.165, 1.54) is 0 Å². The van der Waals surface area contributed by atoms with Crippen molar-refractivity contribution in [1.29, 1.82) is 0 Å². The molecule has 14 heteroatoms. The van der Waals surface area contributed by atoms with Crippen LogP contribution in [0.3, 0.4) is 0 Å². The van der Waals surface area contributed by atoms with Crippen LogP contribution >= 0.6 is 0 Å². The zero-order chi connectivity index (χ0) is 36.8. The number of aromatic nitrogens is 4. The van der Waals surface area contributed by atoms with E-state index in [0.717, 1.165) is 11.1 Å². The fraction of sp³-hybridized carbons (Fsp3) is 0.158. The van der Waals surface area contributed by atoms with Crippen LogP contribution in [-0.4, -0.2) is 54.1 Å². The van der Waals surface area contributed by atoms with Gasteiger partial charge in [-0.2, -0.15) is 0 Å². The van der Waals surface area contributed by atoms with Crippen molar-refractivity contribution in [1.82, 2.24) is 41.2 Å². The van der Waals surface area contributed by atoms with Crippen LogP contribution in [0.5, 0.6) is 0 Å². The minimum Gasteiger partial charge on any atom is -0.465 e. The molecule has 0 aliphatic rings. The highest BCUT2D eigenvalue weighted by molar-refractivity contribution is 5.88. The molecule has 6 rings (SSSR count). The number of nitrogens with one attached hydrogen (secondary N) is 6. The monoisotopic (exact) mass is 698 g/mol. The van der Waals surface area contributed by atoms with E-state index in [-0.39, 0.29) is 0 Å². The molecule has 0 fully saturated rings. The van der Waals surface area contributed by atoms with E-state index < -0.39 is 48.2 Å². The van der Waals surface area contributed by atoms with Crippen molar-refractivity contribution >= 4 is 46.1 Å². The Bertz CT molecular complexity index is 2170. The average molecular weight is 699 g/mol. The molecular formula is C38H34N8O6. The molecular weight excluding hydrogens is 664 g/mol. The first kappa shape index (κ1) is 34.7. The molecule has 0 saturated heterocycles. The maximum absolute atomic E-state index is 13.1. The molecule has 8 N–H and O–H groups in total. The standard InChI is InChI=1S/C38H34N8O6/c1-21(39-35(47)31(45-37(49)50)25-9-5-3-6-10-25)33-41-27-17-15-23(19-29(27)43-33)13-14-24-16-18-28-30(20-24)44-34(42-28)22(2)40-36(48)32(46-38(51)52)26-11-7-4-8-12-26/h3-12,15-22,31-32,45-46H,1-2H3,(H,39,47)(H,40,48)(H,41,43)(H,42,44)(H,49,50)(H,51,52)/t21-,22-,31+,32+/m0/s1. The maximum Gasteiger partial charge on any atom is 0.405 e. The highest BCUT2D eigenvalue weighted by Gasteiger charge is 2.26. The van der Waals surface area contributed by atoms with Crippen molar-refractivity contribution in [3.63, 3.8) is 0 Å². The molecule has 4 amide bonds. The van der Waals surface area contributed by atoms with E-state index in [2.05, 4.69) is 53.0 Å². The quantitative estimate of drug-likeness (QED) is 0.0887. The first-order valence-corrected chi connectivity index (χ1v) is 16.2. The normalized spacial score (nSPS) is 13.2. The van der Waals surface area contributed by atoms with Gasteiger partial charge in [0.2, 0.25) is 11.8 Å².